The molecule has 1 aromatic heterocycles. The molecule has 0 unspecified atom stereocenters. The van der Waals surface area contributed by atoms with Gasteiger partial charge in [-0.25, -0.2) is 4.79 Å². The van der Waals surface area contributed by atoms with Crippen molar-refractivity contribution in [2.45, 2.75) is 19.3 Å². The molecule has 2 rings (SSSR count). The number of anilines is 1. The molecule has 0 aliphatic carbocycles. The Balaban J connectivity index is 2.02. The largest absolute Gasteiger partial charge is 0.325 e. The van der Waals surface area contributed by atoms with E-state index in [1.807, 2.05) is 42.2 Å². The molecule has 0 aliphatic rings. The third kappa shape index (κ3) is 3.44. The van der Waals surface area contributed by atoms with Gasteiger partial charge in [-0.3, -0.25) is 14.6 Å². The second-order valence-corrected chi connectivity index (χ2v) is 4.55. The number of hydrogen-bond acceptors (Lipinski definition) is 3. The van der Waals surface area contributed by atoms with Crippen LogP contribution in [0, 0.1) is 0 Å². The molecule has 6 heteroatoms. The maximum absolute atomic E-state index is 11.9. The van der Waals surface area contributed by atoms with Gasteiger partial charge in [0.1, 0.15) is 5.69 Å². The molecule has 20 heavy (non-hydrogen) atoms. The number of aromatic amines is 2. The first-order valence-electron chi connectivity index (χ1n) is 6.23. The molecule has 1 atom stereocenters. The summed E-state index contributed by atoms with van der Waals surface area (Å²) in [6, 6.07) is 9.64. The van der Waals surface area contributed by atoms with Crippen LogP contribution in [0.1, 0.15) is 24.8 Å². The average molecular weight is 273 g/mol. The maximum atomic E-state index is 11.9. The highest BCUT2D eigenvalue weighted by Gasteiger charge is 2.12. The predicted octanol–water partition coefficient (Wildman–Crippen LogP) is 1.20. The highest BCUT2D eigenvalue weighted by atomic mass is 16.2. The van der Waals surface area contributed by atoms with Gasteiger partial charge in [-0.05, 0) is 11.5 Å². The molecule has 104 valence electrons. The molecular weight excluding hydrogens is 258 g/mol. The number of H-pyrrole nitrogens is 2. The molecule has 0 saturated carbocycles. The molecule has 2 aromatic rings. The molecule has 6 nitrogen and oxygen atoms in total. The molecule has 3 N–H and O–H groups in total. The number of aromatic nitrogens is 2. The Kier molecular flexibility index (Phi) is 4.14. The second kappa shape index (κ2) is 6.01. The van der Waals surface area contributed by atoms with E-state index in [4.69, 9.17) is 0 Å². The lowest BCUT2D eigenvalue weighted by Crippen LogP contribution is -2.26. The lowest BCUT2D eigenvalue weighted by atomic mass is 9.97. The molecule has 1 aromatic carbocycles. The highest BCUT2D eigenvalue weighted by molar-refractivity contribution is 5.90. The Morgan fingerprint density at radius 1 is 1.25 bits per heavy atom. The van der Waals surface area contributed by atoms with Crippen LogP contribution in [0.4, 0.5) is 5.69 Å². The minimum absolute atomic E-state index is 0.0369. The Morgan fingerprint density at radius 3 is 2.60 bits per heavy atom. The van der Waals surface area contributed by atoms with Gasteiger partial charge >= 0.3 is 5.69 Å². The predicted molar refractivity (Wildman–Crippen MR) is 75.8 cm³/mol. The number of hydrogen-bond donors (Lipinski definition) is 3. The number of carbonyl (C=O) groups is 1. The average Bonchev–Trinajstić information content (AvgIpc) is 2.43. The van der Waals surface area contributed by atoms with Gasteiger partial charge in [0.15, 0.2) is 0 Å². The number of carbonyl (C=O) groups excluding carboxylic acids is 1. The van der Waals surface area contributed by atoms with E-state index in [0.717, 1.165) is 5.56 Å². The zero-order chi connectivity index (χ0) is 14.5. The number of amides is 1. The second-order valence-electron chi connectivity index (χ2n) is 4.55. The van der Waals surface area contributed by atoms with E-state index < -0.39 is 11.2 Å². The van der Waals surface area contributed by atoms with Crippen molar-refractivity contribution in [3.8, 4) is 0 Å². The van der Waals surface area contributed by atoms with Crippen LogP contribution in [-0.4, -0.2) is 15.9 Å². The Morgan fingerprint density at radius 2 is 1.95 bits per heavy atom. The lowest BCUT2D eigenvalue weighted by molar-refractivity contribution is -0.116. The molecule has 0 aliphatic heterocycles. The Hall–Kier alpha value is -2.63. The molecule has 0 bridgehead atoms. The Bertz CT molecular complexity index is 703. The van der Waals surface area contributed by atoms with E-state index >= 15 is 0 Å². The summed E-state index contributed by atoms with van der Waals surface area (Å²) in [5.74, 6) is -0.239. The van der Waals surface area contributed by atoms with Crippen molar-refractivity contribution < 1.29 is 4.79 Å². The highest BCUT2D eigenvalue weighted by Crippen LogP contribution is 2.18. The smallest absolute Gasteiger partial charge is 0.320 e. The summed E-state index contributed by atoms with van der Waals surface area (Å²) in [6.45, 7) is 1.94. The monoisotopic (exact) mass is 273 g/mol. The zero-order valence-corrected chi connectivity index (χ0v) is 11.0. The summed E-state index contributed by atoms with van der Waals surface area (Å²) < 4.78 is 0. The van der Waals surface area contributed by atoms with Crippen molar-refractivity contribution in [2.75, 3.05) is 5.32 Å². The summed E-state index contributed by atoms with van der Waals surface area (Å²) in [5, 5.41) is 2.49. The van der Waals surface area contributed by atoms with Crippen LogP contribution >= 0.6 is 0 Å². The summed E-state index contributed by atoms with van der Waals surface area (Å²) in [5.41, 5.74) is -0.131. The molecule has 0 saturated heterocycles. The van der Waals surface area contributed by atoms with E-state index in [0.29, 0.717) is 0 Å². The summed E-state index contributed by atoms with van der Waals surface area (Å²) in [7, 11) is 0. The first kappa shape index (κ1) is 13.8. The molecular formula is C14H15N3O3. The fourth-order valence-corrected chi connectivity index (χ4v) is 1.88. The van der Waals surface area contributed by atoms with Crippen molar-refractivity contribution in [3.63, 3.8) is 0 Å². The van der Waals surface area contributed by atoms with Gasteiger partial charge in [0, 0.05) is 12.6 Å². The third-order valence-electron chi connectivity index (χ3n) is 2.95. The van der Waals surface area contributed by atoms with Crippen molar-refractivity contribution in [1.29, 1.82) is 0 Å². The van der Waals surface area contributed by atoms with Gasteiger partial charge in [0.25, 0.3) is 5.56 Å². The molecule has 0 spiro atoms. The first-order valence-corrected chi connectivity index (χ1v) is 6.23. The van der Waals surface area contributed by atoms with Crippen LogP contribution in [-0.2, 0) is 4.79 Å². The minimum Gasteiger partial charge on any atom is -0.320 e. The fourth-order valence-electron chi connectivity index (χ4n) is 1.88. The molecule has 1 amide bonds. The lowest BCUT2D eigenvalue weighted by Gasteiger charge is -2.11. The van der Waals surface area contributed by atoms with E-state index in [-0.39, 0.29) is 23.9 Å². The summed E-state index contributed by atoms with van der Waals surface area (Å²) in [6.07, 6.45) is 1.44. The van der Waals surface area contributed by atoms with Gasteiger partial charge in [0.2, 0.25) is 5.91 Å². The van der Waals surface area contributed by atoms with Crippen LogP contribution < -0.4 is 16.6 Å². The van der Waals surface area contributed by atoms with E-state index in [2.05, 4.69) is 10.3 Å². The van der Waals surface area contributed by atoms with Crippen molar-refractivity contribution >= 4 is 11.6 Å². The van der Waals surface area contributed by atoms with Crippen molar-refractivity contribution in [1.82, 2.24) is 9.97 Å². The van der Waals surface area contributed by atoms with Gasteiger partial charge < -0.3 is 10.3 Å². The minimum atomic E-state index is -0.616. The third-order valence-corrected chi connectivity index (χ3v) is 2.95. The topological polar surface area (TPSA) is 94.8 Å². The van der Waals surface area contributed by atoms with Crippen LogP contribution in [0.25, 0.3) is 0 Å². The van der Waals surface area contributed by atoms with E-state index in [1.54, 1.807) is 0 Å². The van der Waals surface area contributed by atoms with Crippen LogP contribution in [0.2, 0.25) is 0 Å². The number of rotatable bonds is 4. The van der Waals surface area contributed by atoms with Crippen LogP contribution in [0.3, 0.4) is 0 Å². The number of nitrogens with one attached hydrogen (secondary N) is 3. The van der Waals surface area contributed by atoms with Crippen LogP contribution in [0.15, 0.2) is 46.1 Å². The Labute approximate surface area is 114 Å². The van der Waals surface area contributed by atoms with Gasteiger partial charge in [-0.2, -0.15) is 0 Å². The maximum Gasteiger partial charge on any atom is 0.325 e. The SMILES string of the molecule is C[C@H](CC(=O)Nc1c[nH]c(=O)[nH]c1=O)c1ccccc1. The molecule has 0 radical (unpaired) electrons. The number of benzene rings is 1. The summed E-state index contributed by atoms with van der Waals surface area (Å²) >= 11 is 0. The van der Waals surface area contributed by atoms with E-state index in [1.165, 1.54) is 6.20 Å². The van der Waals surface area contributed by atoms with Gasteiger partial charge in [-0.15, -0.1) is 0 Å². The zero-order valence-electron chi connectivity index (χ0n) is 11.0. The molecule has 0 fully saturated rings. The van der Waals surface area contributed by atoms with Crippen LogP contribution in [0.5, 0.6) is 0 Å². The first-order chi connectivity index (χ1) is 9.56. The standard InChI is InChI=1S/C14H15N3O3/c1-9(10-5-3-2-4-6-10)7-12(18)16-11-8-15-14(20)17-13(11)19/h2-6,8-9H,7H2,1H3,(H,16,18)(H2,15,17,19,20)/t9-/m1/s1. The quantitative estimate of drug-likeness (QED) is 0.781. The van der Waals surface area contributed by atoms with Crippen molar-refractivity contribution in [2.24, 2.45) is 0 Å². The fraction of sp³-hybridized carbons (Fsp3) is 0.214. The van der Waals surface area contributed by atoms with E-state index in [9.17, 15) is 14.4 Å². The summed E-state index contributed by atoms with van der Waals surface area (Å²) in [4.78, 5) is 38.5. The van der Waals surface area contributed by atoms with Crippen molar-refractivity contribution in [3.05, 3.63) is 62.9 Å². The van der Waals surface area contributed by atoms with Gasteiger partial charge in [0.05, 0.1) is 0 Å². The molecule has 1 heterocycles. The normalized spacial score (nSPS) is 11.8. The van der Waals surface area contributed by atoms with Gasteiger partial charge in [-0.1, -0.05) is 37.3 Å².